The molecule has 0 spiro atoms. The molecule has 0 aliphatic heterocycles. The first-order valence-corrected chi connectivity index (χ1v) is 6.69. The summed E-state index contributed by atoms with van der Waals surface area (Å²) in [6.07, 6.45) is 0. The van der Waals surface area contributed by atoms with Crippen molar-refractivity contribution in [1.29, 1.82) is 0 Å². The van der Waals surface area contributed by atoms with E-state index in [0.29, 0.717) is 17.9 Å². The Kier molecular flexibility index (Phi) is 4.50. The average molecular weight is 259 g/mol. The summed E-state index contributed by atoms with van der Waals surface area (Å²) < 4.78 is 29.0. The summed E-state index contributed by atoms with van der Waals surface area (Å²) in [5.41, 5.74) is 1.39. The van der Waals surface area contributed by atoms with Crippen molar-refractivity contribution in [2.24, 2.45) is 0 Å². The number of hydrogen-bond acceptors (Lipinski definition) is 4. The van der Waals surface area contributed by atoms with Gasteiger partial charge in [-0.25, -0.2) is 8.42 Å². The van der Waals surface area contributed by atoms with Gasteiger partial charge in [0.15, 0.2) is 0 Å². The molecule has 0 saturated heterocycles. The maximum Gasteiger partial charge on any atom is 0.262 e. The van der Waals surface area contributed by atoms with Gasteiger partial charge >= 0.3 is 0 Å². The predicted octanol–water partition coefficient (Wildman–Crippen LogP) is 1.54. The fourth-order valence-corrected chi connectivity index (χ4v) is 2.64. The highest BCUT2D eigenvalue weighted by Gasteiger charge is 2.18. The van der Waals surface area contributed by atoms with E-state index in [1.54, 1.807) is 26.0 Å². The van der Waals surface area contributed by atoms with Crippen LogP contribution in [0.15, 0.2) is 17.0 Å². The second-order valence-corrected chi connectivity index (χ2v) is 5.22. The lowest BCUT2D eigenvalue weighted by Crippen LogP contribution is -2.23. The van der Waals surface area contributed by atoms with E-state index in [4.69, 9.17) is 4.74 Å². The molecular formula is C11H17NO4S. The summed E-state index contributed by atoms with van der Waals surface area (Å²) in [6, 6.07) is 3.28. The third kappa shape index (κ3) is 3.18. The molecule has 0 amide bonds. The quantitative estimate of drug-likeness (QED) is 0.815. The minimum atomic E-state index is -3.62. The molecule has 1 N–H and O–H groups in total. The van der Waals surface area contributed by atoms with E-state index in [0.717, 1.165) is 5.56 Å². The summed E-state index contributed by atoms with van der Waals surface area (Å²) in [7, 11) is -2.36. The average Bonchev–Trinajstić information content (AvgIpc) is 2.23. The second-order valence-electron chi connectivity index (χ2n) is 3.61. The van der Waals surface area contributed by atoms with Crippen molar-refractivity contribution in [2.45, 2.75) is 25.7 Å². The van der Waals surface area contributed by atoms with E-state index in [9.17, 15) is 8.42 Å². The molecule has 17 heavy (non-hydrogen) atoms. The number of hydrogen-bond donors (Lipinski definition) is 1. The molecule has 0 atom stereocenters. The highest BCUT2D eigenvalue weighted by molar-refractivity contribution is 7.89. The summed E-state index contributed by atoms with van der Waals surface area (Å²) in [4.78, 5) is 6.65. The first-order valence-electron chi connectivity index (χ1n) is 5.21. The highest BCUT2D eigenvalue weighted by Crippen LogP contribution is 2.25. The molecule has 0 aromatic heterocycles. The molecule has 96 valence electrons. The van der Waals surface area contributed by atoms with Crippen molar-refractivity contribution in [3.63, 3.8) is 0 Å². The minimum Gasteiger partial charge on any atom is -0.494 e. The van der Waals surface area contributed by atoms with Gasteiger partial charge in [-0.2, -0.15) is 0 Å². The highest BCUT2D eigenvalue weighted by atomic mass is 32.2. The number of nitrogens with one attached hydrogen (secondary N) is 1. The van der Waals surface area contributed by atoms with Gasteiger partial charge in [-0.1, -0.05) is 4.89 Å². The molecule has 0 saturated carbocycles. The Balaban J connectivity index is 3.25. The molecule has 0 heterocycles. The van der Waals surface area contributed by atoms with Gasteiger partial charge in [-0.3, -0.25) is 4.84 Å². The van der Waals surface area contributed by atoms with Crippen LogP contribution in [0.5, 0.6) is 5.75 Å². The maximum atomic E-state index is 11.8. The van der Waals surface area contributed by atoms with Gasteiger partial charge in [0.05, 0.1) is 18.6 Å². The Morgan fingerprint density at radius 2 is 1.88 bits per heavy atom. The molecule has 0 unspecified atom stereocenters. The monoisotopic (exact) mass is 259 g/mol. The van der Waals surface area contributed by atoms with E-state index in [-0.39, 0.29) is 4.90 Å². The predicted molar refractivity (Wildman–Crippen MR) is 64.4 cm³/mol. The van der Waals surface area contributed by atoms with Crippen molar-refractivity contribution < 1.29 is 18.0 Å². The van der Waals surface area contributed by atoms with Gasteiger partial charge in [0.25, 0.3) is 10.0 Å². The molecule has 0 aliphatic rings. The zero-order valence-corrected chi connectivity index (χ0v) is 11.2. The largest absolute Gasteiger partial charge is 0.494 e. The van der Waals surface area contributed by atoms with Crippen LogP contribution in [0.4, 0.5) is 0 Å². The van der Waals surface area contributed by atoms with Crippen molar-refractivity contribution in [1.82, 2.24) is 4.89 Å². The lowest BCUT2D eigenvalue weighted by molar-refractivity contribution is 0.153. The van der Waals surface area contributed by atoms with Gasteiger partial charge in [0.1, 0.15) is 5.75 Å². The number of rotatable bonds is 5. The molecule has 0 aliphatic carbocycles. The molecule has 0 radical (unpaired) electrons. The van der Waals surface area contributed by atoms with Gasteiger partial charge < -0.3 is 4.74 Å². The Morgan fingerprint density at radius 1 is 1.24 bits per heavy atom. The molecule has 5 nitrogen and oxygen atoms in total. The lowest BCUT2D eigenvalue weighted by atomic mass is 10.1. The van der Waals surface area contributed by atoms with Crippen LogP contribution in [-0.2, 0) is 14.9 Å². The van der Waals surface area contributed by atoms with Crippen LogP contribution in [0.25, 0.3) is 0 Å². The first kappa shape index (κ1) is 14.0. The first-order chi connectivity index (χ1) is 7.92. The van der Waals surface area contributed by atoms with Crippen LogP contribution in [0.2, 0.25) is 0 Å². The summed E-state index contributed by atoms with van der Waals surface area (Å²) >= 11 is 0. The van der Waals surface area contributed by atoms with Crippen molar-refractivity contribution >= 4 is 10.0 Å². The number of sulfonamides is 1. The summed E-state index contributed by atoms with van der Waals surface area (Å²) in [5, 5.41) is 0. The number of ether oxygens (including phenoxy) is 1. The Morgan fingerprint density at radius 3 is 2.41 bits per heavy atom. The minimum absolute atomic E-state index is 0.195. The zero-order valence-electron chi connectivity index (χ0n) is 10.4. The van der Waals surface area contributed by atoms with Crippen LogP contribution in [0.1, 0.15) is 18.1 Å². The molecule has 1 aromatic carbocycles. The van der Waals surface area contributed by atoms with E-state index in [2.05, 4.69) is 4.84 Å². The SMILES string of the molecule is CCOc1cc(C)c(S(=O)(=O)NOC)cc1C. The second kappa shape index (κ2) is 5.48. The zero-order chi connectivity index (χ0) is 13.1. The van der Waals surface area contributed by atoms with Crippen LogP contribution in [0, 0.1) is 13.8 Å². The lowest BCUT2D eigenvalue weighted by Gasteiger charge is -2.12. The third-order valence-electron chi connectivity index (χ3n) is 2.25. The van der Waals surface area contributed by atoms with Gasteiger partial charge in [0.2, 0.25) is 0 Å². The topological polar surface area (TPSA) is 64.6 Å². The van der Waals surface area contributed by atoms with Gasteiger partial charge in [-0.15, -0.1) is 0 Å². The van der Waals surface area contributed by atoms with Crippen molar-refractivity contribution in [2.75, 3.05) is 13.7 Å². The Bertz CT molecular complexity index is 496. The maximum absolute atomic E-state index is 11.8. The fraction of sp³-hybridized carbons (Fsp3) is 0.455. The van der Waals surface area contributed by atoms with Gasteiger partial charge in [-0.05, 0) is 44.0 Å². The molecule has 1 aromatic rings. The summed E-state index contributed by atoms with van der Waals surface area (Å²) in [5.74, 6) is 0.696. The standard InChI is InChI=1S/C11H17NO4S/c1-5-16-10-6-9(3)11(7-8(10)2)17(13,14)12-15-4/h6-7,12H,5H2,1-4H3. The van der Waals surface area contributed by atoms with Crippen molar-refractivity contribution in [3.05, 3.63) is 23.3 Å². The normalized spacial score (nSPS) is 11.5. The van der Waals surface area contributed by atoms with E-state index < -0.39 is 10.0 Å². The molecule has 0 bridgehead atoms. The molecule has 0 fully saturated rings. The number of aryl methyl sites for hydroxylation is 2. The van der Waals surface area contributed by atoms with E-state index in [1.807, 2.05) is 11.8 Å². The van der Waals surface area contributed by atoms with Crippen LogP contribution in [0.3, 0.4) is 0 Å². The molecular weight excluding hydrogens is 242 g/mol. The van der Waals surface area contributed by atoms with Crippen LogP contribution in [-0.4, -0.2) is 22.1 Å². The Hall–Kier alpha value is -1.11. The fourth-order valence-electron chi connectivity index (χ4n) is 1.52. The van der Waals surface area contributed by atoms with E-state index >= 15 is 0 Å². The number of benzene rings is 1. The molecule has 6 heteroatoms. The third-order valence-corrected chi connectivity index (χ3v) is 3.66. The van der Waals surface area contributed by atoms with Gasteiger partial charge in [0, 0.05) is 0 Å². The summed E-state index contributed by atoms with van der Waals surface area (Å²) in [6.45, 7) is 5.94. The Labute approximate surface area is 102 Å². The van der Waals surface area contributed by atoms with Crippen LogP contribution >= 0.6 is 0 Å². The van der Waals surface area contributed by atoms with Crippen molar-refractivity contribution in [3.8, 4) is 5.75 Å². The van der Waals surface area contributed by atoms with E-state index in [1.165, 1.54) is 7.11 Å². The molecule has 1 rings (SSSR count). The smallest absolute Gasteiger partial charge is 0.262 e. The van der Waals surface area contributed by atoms with Crippen LogP contribution < -0.4 is 9.62 Å².